The molecule has 5 rings (SSSR count). The van der Waals surface area contributed by atoms with Gasteiger partial charge >= 0.3 is 10.0 Å². The Balaban J connectivity index is 0.000000565. The molecular weight excluding hydrogens is 356 g/mol. The second kappa shape index (κ2) is 7.54. The Morgan fingerprint density at radius 1 is 0.556 bits per heavy atom. The molecule has 0 atom stereocenters. The highest BCUT2D eigenvalue weighted by Crippen LogP contribution is 2.16. The largest absolute Gasteiger partial charge is 0.427 e. The van der Waals surface area contributed by atoms with Crippen LogP contribution in [0.5, 0.6) is 0 Å². The number of aromatic amines is 2. The quantitative estimate of drug-likeness (QED) is 0.314. The normalized spacial score (nSPS) is 11.9. The van der Waals surface area contributed by atoms with Crippen molar-refractivity contribution in [2.24, 2.45) is 0 Å². The summed E-state index contributed by atoms with van der Waals surface area (Å²) in [5.41, 5.74) is 7.86. The summed E-state index contributed by atoms with van der Waals surface area (Å²) < 4.78 is 0. The molecule has 0 fully saturated rings. The highest BCUT2D eigenvalue weighted by molar-refractivity contribution is 6.13. The maximum atomic E-state index is 7.15. The fourth-order valence-corrected chi connectivity index (χ4v) is 2.94. The van der Waals surface area contributed by atoms with Crippen molar-refractivity contribution in [2.75, 3.05) is 0 Å². The number of rotatable bonds is 0. The molecule has 27 heavy (non-hydrogen) atoms. The summed E-state index contributed by atoms with van der Waals surface area (Å²) >= 11 is 0. The van der Waals surface area contributed by atoms with Crippen molar-refractivity contribution in [3.05, 3.63) is 71.3 Å². The molecule has 132 valence electrons. The third-order valence-electron chi connectivity index (χ3n) is 4.04. The van der Waals surface area contributed by atoms with Crippen molar-refractivity contribution >= 4 is 56.4 Å². The predicted octanol–water partition coefficient (Wildman–Crippen LogP) is 3.16. The van der Waals surface area contributed by atoms with Gasteiger partial charge in [0.05, 0.1) is 22.8 Å². The van der Waals surface area contributed by atoms with E-state index in [4.69, 9.17) is 9.59 Å². The zero-order valence-corrected chi connectivity index (χ0v) is 15.2. The first kappa shape index (κ1) is 17.2. The van der Waals surface area contributed by atoms with Crippen molar-refractivity contribution < 1.29 is 9.59 Å². The van der Waals surface area contributed by atoms with E-state index in [-0.39, 0.29) is 0 Å². The SMILES string of the molecule is C1=Cc2cc3ccc(cc4nc(cc5ccc(cc1n2)[nH]5)C=C4)[nH]3.O[Si]O. The molecule has 7 heteroatoms. The minimum Gasteiger partial charge on any atom is -0.409 e. The van der Waals surface area contributed by atoms with Gasteiger partial charge in [0.1, 0.15) is 0 Å². The minimum atomic E-state index is -0.917. The molecule has 6 nitrogen and oxygen atoms in total. The van der Waals surface area contributed by atoms with E-state index < -0.39 is 10.0 Å². The van der Waals surface area contributed by atoms with E-state index in [0.29, 0.717) is 0 Å². The van der Waals surface area contributed by atoms with Crippen LogP contribution in [0.4, 0.5) is 0 Å². The van der Waals surface area contributed by atoms with Gasteiger partial charge in [0.15, 0.2) is 0 Å². The van der Waals surface area contributed by atoms with E-state index >= 15 is 0 Å². The molecule has 0 saturated carbocycles. The summed E-state index contributed by atoms with van der Waals surface area (Å²) in [6.45, 7) is 0. The van der Waals surface area contributed by atoms with Gasteiger partial charge in [-0.05, 0) is 72.8 Å². The van der Waals surface area contributed by atoms with Gasteiger partial charge < -0.3 is 19.6 Å². The zero-order chi connectivity index (χ0) is 18.6. The lowest BCUT2D eigenvalue weighted by molar-refractivity contribution is 0.448. The van der Waals surface area contributed by atoms with Crippen LogP contribution in [0.15, 0.2) is 48.5 Å². The van der Waals surface area contributed by atoms with E-state index in [1.54, 1.807) is 0 Å². The van der Waals surface area contributed by atoms with Crippen LogP contribution in [-0.2, 0) is 0 Å². The zero-order valence-electron chi connectivity index (χ0n) is 14.2. The summed E-state index contributed by atoms with van der Waals surface area (Å²) in [5, 5.41) is 0. The fourth-order valence-electron chi connectivity index (χ4n) is 2.94. The number of nitrogens with one attached hydrogen (secondary N) is 2. The summed E-state index contributed by atoms with van der Waals surface area (Å²) in [6.07, 6.45) is 8.09. The summed E-state index contributed by atoms with van der Waals surface area (Å²) in [4.78, 5) is 30.3. The molecular formula is C20H16N4O2Si. The third-order valence-corrected chi connectivity index (χ3v) is 4.04. The molecule has 0 aliphatic carbocycles. The number of H-pyrrole nitrogens is 2. The average molecular weight is 372 g/mol. The van der Waals surface area contributed by atoms with Gasteiger partial charge in [-0.25, -0.2) is 9.97 Å². The van der Waals surface area contributed by atoms with E-state index in [2.05, 4.69) is 44.2 Å². The average Bonchev–Trinajstić information content (AvgIpc) is 3.41. The van der Waals surface area contributed by atoms with Crippen LogP contribution in [-0.4, -0.2) is 39.5 Å². The lowest BCUT2D eigenvalue weighted by Gasteiger charge is -1.85. The summed E-state index contributed by atoms with van der Waals surface area (Å²) in [6, 6.07) is 16.4. The maximum absolute atomic E-state index is 7.15. The molecule has 2 aliphatic heterocycles. The van der Waals surface area contributed by atoms with Gasteiger partial charge in [0.2, 0.25) is 0 Å². The van der Waals surface area contributed by atoms with E-state index in [1.807, 2.05) is 48.6 Å². The monoisotopic (exact) mass is 372 g/mol. The molecule has 8 bridgehead atoms. The lowest BCUT2D eigenvalue weighted by atomic mass is 10.3. The molecule has 4 N–H and O–H groups in total. The molecule has 2 aliphatic rings. The first-order valence-corrected chi connectivity index (χ1v) is 9.19. The number of aromatic nitrogens is 4. The summed E-state index contributed by atoms with van der Waals surface area (Å²) in [5.74, 6) is 0. The first-order valence-electron chi connectivity index (χ1n) is 8.29. The maximum Gasteiger partial charge on any atom is 0.427 e. The van der Waals surface area contributed by atoms with Crippen LogP contribution >= 0.6 is 0 Å². The number of fused-ring (bicyclic) bond motifs is 8. The highest BCUT2D eigenvalue weighted by Gasteiger charge is 2.01. The smallest absolute Gasteiger partial charge is 0.409 e. The Morgan fingerprint density at radius 3 is 1.07 bits per heavy atom. The topological polar surface area (TPSA) is 97.8 Å². The molecule has 0 aromatic carbocycles. The fraction of sp³-hybridized carbons (Fsp3) is 0. The van der Waals surface area contributed by atoms with Crippen molar-refractivity contribution in [1.29, 1.82) is 0 Å². The van der Waals surface area contributed by atoms with Gasteiger partial charge in [-0.15, -0.1) is 0 Å². The highest BCUT2D eigenvalue weighted by atomic mass is 28.2. The molecule has 5 heterocycles. The Kier molecular flexibility index (Phi) is 4.80. The Hall–Kier alpha value is -3.26. The lowest BCUT2D eigenvalue weighted by Crippen LogP contribution is -1.75. The van der Waals surface area contributed by atoms with Crippen molar-refractivity contribution in [3.63, 3.8) is 0 Å². The Labute approximate surface area is 157 Å². The Morgan fingerprint density at radius 2 is 0.815 bits per heavy atom. The van der Waals surface area contributed by atoms with E-state index in [9.17, 15) is 0 Å². The van der Waals surface area contributed by atoms with E-state index in [0.717, 1.165) is 44.8 Å². The van der Waals surface area contributed by atoms with Gasteiger partial charge in [0.25, 0.3) is 0 Å². The van der Waals surface area contributed by atoms with Gasteiger partial charge in [-0.1, -0.05) is 0 Å². The molecule has 0 unspecified atom stereocenters. The van der Waals surface area contributed by atoms with Crippen LogP contribution in [0.2, 0.25) is 0 Å². The third kappa shape index (κ3) is 4.12. The Bertz CT molecular complexity index is 1020. The van der Waals surface area contributed by atoms with Crippen LogP contribution in [0, 0.1) is 0 Å². The predicted molar refractivity (Wildman–Crippen MR) is 109 cm³/mol. The number of hydrogen-bond acceptors (Lipinski definition) is 4. The summed E-state index contributed by atoms with van der Waals surface area (Å²) in [7, 11) is -0.917. The second-order valence-corrected chi connectivity index (χ2v) is 6.21. The molecule has 3 aromatic heterocycles. The molecule has 0 spiro atoms. The number of nitrogens with zero attached hydrogens (tertiary/aromatic N) is 2. The first-order chi connectivity index (χ1) is 13.2. The van der Waals surface area contributed by atoms with Crippen molar-refractivity contribution in [1.82, 2.24) is 19.9 Å². The van der Waals surface area contributed by atoms with Gasteiger partial charge in [-0.3, -0.25) is 0 Å². The van der Waals surface area contributed by atoms with Crippen LogP contribution in [0.25, 0.3) is 46.4 Å². The second-order valence-electron chi connectivity index (χ2n) is 6.01. The van der Waals surface area contributed by atoms with Crippen molar-refractivity contribution in [2.45, 2.75) is 0 Å². The molecule has 0 saturated heterocycles. The van der Waals surface area contributed by atoms with Crippen molar-refractivity contribution in [3.8, 4) is 0 Å². The van der Waals surface area contributed by atoms with Crippen LogP contribution in [0.3, 0.4) is 0 Å². The molecule has 3 aromatic rings. The minimum absolute atomic E-state index is 0.917. The van der Waals surface area contributed by atoms with E-state index in [1.165, 1.54) is 0 Å². The van der Waals surface area contributed by atoms with Crippen LogP contribution in [0.1, 0.15) is 22.8 Å². The van der Waals surface area contributed by atoms with Gasteiger partial charge in [0, 0.05) is 22.1 Å². The van der Waals surface area contributed by atoms with Gasteiger partial charge in [-0.2, -0.15) is 0 Å². The van der Waals surface area contributed by atoms with Crippen LogP contribution < -0.4 is 0 Å². The molecule has 2 radical (unpaired) electrons. The molecule has 0 amide bonds. The number of hydrogen-bond donors (Lipinski definition) is 4. The standard InChI is InChI=1S/C20H14N4.H2O2Si/c1-2-14-10-16-5-6-18(23-16)12-20-8-7-19(24-20)11-17-4-3-15(22-17)9-13(1)21-14;1-3-2/h1-12,21,24H;1-2H.